The second-order valence-corrected chi connectivity index (χ2v) is 3.10. The van der Waals surface area contributed by atoms with Crippen LogP contribution < -0.4 is 0 Å². The number of aryl methyl sites for hydroxylation is 1. The Morgan fingerprint density at radius 2 is 2.23 bits per heavy atom. The Balaban J connectivity index is 2.48. The van der Waals surface area contributed by atoms with Crippen LogP contribution in [0.5, 0.6) is 0 Å². The highest BCUT2D eigenvalue weighted by atomic mass is 16.5. The maximum absolute atomic E-state index is 4.95. The summed E-state index contributed by atoms with van der Waals surface area (Å²) in [5, 5.41) is 0. The molecule has 0 saturated heterocycles. The van der Waals surface area contributed by atoms with Gasteiger partial charge in [0.05, 0.1) is 0 Å². The number of hydrogen-bond acceptors (Lipinski definition) is 1. The van der Waals surface area contributed by atoms with Crippen LogP contribution in [0.2, 0.25) is 0 Å². The van der Waals surface area contributed by atoms with Crippen molar-refractivity contribution in [1.82, 2.24) is 0 Å². The van der Waals surface area contributed by atoms with Gasteiger partial charge in [0.1, 0.15) is 0 Å². The predicted molar refractivity (Wildman–Crippen MR) is 56.7 cm³/mol. The van der Waals surface area contributed by atoms with Gasteiger partial charge in [0.25, 0.3) is 0 Å². The number of ether oxygens (including phenoxy) is 1. The molecule has 1 rings (SSSR count). The quantitative estimate of drug-likeness (QED) is 0.641. The van der Waals surface area contributed by atoms with Crippen LogP contribution in [-0.2, 0) is 4.74 Å². The van der Waals surface area contributed by atoms with Crippen molar-refractivity contribution >= 4 is 6.08 Å². The number of benzene rings is 1. The van der Waals surface area contributed by atoms with Crippen LogP contribution in [0.25, 0.3) is 6.08 Å². The molecule has 0 radical (unpaired) electrons. The standard InChI is InChI=1S/C12H16O/c1-11-6-5-8-12(10-11)7-3-4-9-13-2/h3,5-8,10H,4,9H2,1-2H3/b7-3+. The Kier molecular flexibility index (Phi) is 4.27. The monoisotopic (exact) mass is 176 g/mol. The van der Waals surface area contributed by atoms with Gasteiger partial charge in [-0.15, -0.1) is 0 Å². The highest BCUT2D eigenvalue weighted by molar-refractivity contribution is 5.49. The van der Waals surface area contributed by atoms with Crippen molar-refractivity contribution in [2.75, 3.05) is 13.7 Å². The molecule has 0 bridgehead atoms. The van der Waals surface area contributed by atoms with E-state index >= 15 is 0 Å². The van der Waals surface area contributed by atoms with E-state index in [9.17, 15) is 0 Å². The summed E-state index contributed by atoms with van der Waals surface area (Å²) in [6.07, 6.45) is 5.24. The molecule has 1 nitrogen and oxygen atoms in total. The zero-order valence-electron chi connectivity index (χ0n) is 8.29. The molecule has 0 spiro atoms. The maximum Gasteiger partial charge on any atom is 0.0496 e. The average Bonchev–Trinajstić information content (AvgIpc) is 2.13. The van der Waals surface area contributed by atoms with Gasteiger partial charge in [-0.05, 0) is 18.9 Å². The van der Waals surface area contributed by atoms with Crippen molar-refractivity contribution in [2.45, 2.75) is 13.3 Å². The molecule has 1 aromatic carbocycles. The summed E-state index contributed by atoms with van der Waals surface area (Å²) in [7, 11) is 1.72. The molecule has 0 unspecified atom stereocenters. The van der Waals surface area contributed by atoms with Gasteiger partial charge in [-0.2, -0.15) is 0 Å². The summed E-state index contributed by atoms with van der Waals surface area (Å²) in [6, 6.07) is 8.46. The van der Waals surface area contributed by atoms with Crippen LogP contribution >= 0.6 is 0 Å². The molecule has 0 aliphatic heterocycles. The Morgan fingerprint density at radius 3 is 2.92 bits per heavy atom. The van der Waals surface area contributed by atoms with Crippen molar-refractivity contribution in [3.63, 3.8) is 0 Å². The molecule has 1 aromatic rings. The summed E-state index contributed by atoms with van der Waals surface area (Å²) in [5.74, 6) is 0. The molecular weight excluding hydrogens is 160 g/mol. The molecule has 0 atom stereocenters. The number of methoxy groups -OCH3 is 1. The SMILES string of the molecule is COCC/C=C/c1cccc(C)c1. The largest absolute Gasteiger partial charge is 0.384 e. The van der Waals surface area contributed by atoms with E-state index in [1.54, 1.807) is 7.11 Å². The van der Waals surface area contributed by atoms with Crippen molar-refractivity contribution in [3.05, 3.63) is 41.5 Å². The van der Waals surface area contributed by atoms with E-state index in [0.29, 0.717) is 0 Å². The van der Waals surface area contributed by atoms with Gasteiger partial charge in [0.15, 0.2) is 0 Å². The minimum absolute atomic E-state index is 0.794. The fraction of sp³-hybridized carbons (Fsp3) is 0.333. The Bertz CT molecular complexity index is 276. The lowest BCUT2D eigenvalue weighted by Gasteiger charge is -1.95. The molecule has 0 saturated carbocycles. The molecule has 70 valence electrons. The number of rotatable bonds is 4. The first-order chi connectivity index (χ1) is 6.33. The van der Waals surface area contributed by atoms with Crippen LogP contribution in [0.3, 0.4) is 0 Å². The Morgan fingerprint density at radius 1 is 1.38 bits per heavy atom. The number of hydrogen-bond donors (Lipinski definition) is 0. The van der Waals surface area contributed by atoms with E-state index < -0.39 is 0 Å². The van der Waals surface area contributed by atoms with Crippen LogP contribution in [-0.4, -0.2) is 13.7 Å². The highest BCUT2D eigenvalue weighted by Crippen LogP contribution is 2.05. The molecule has 13 heavy (non-hydrogen) atoms. The van der Waals surface area contributed by atoms with E-state index in [-0.39, 0.29) is 0 Å². The summed E-state index contributed by atoms with van der Waals surface area (Å²) < 4.78 is 4.95. The van der Waals surface area contributed by atoms with Gasteiger partial charge in [0.2, 0.25) is 0 Å². The predicted octanol–water partition coefficient (Wildman–Crippen LogP) is 3.04. The normalized spacial score (nSPS) is 10.9. The molecule has 0 N–H and O–H groups in total. The molecule has 0 fully saturated rings. The van der Waals surface area contributed by atoms with Crippen molar-refractivity contribution in [1.29, 1.82) is 0 Å². The lowest BCUT2D eigenvalue weighted by Crippen LogP contribution is -1.83. The molecule has 0 aliphatic carbocycles. The van der Waals surface area contributed by atoms with E-state index in [4.69, 9.17) is 4.74 Å². The molecule has 1 heteroatoms. The van der Waals surface area contributed by atoms with Crippen LogP contribution in [0, 0.1) is 6.92 Å². The molecular formula is C12H16O. The molecule has 0 aliphatic rings. The molecule has 0 amide bonds. The van der Waals surface area contributed by atoms with Crippen LogP contribution in [0.4, 0.5) is 0 Å². The Hall–Kier alpha value is -1.08. The maximum atomic E-state index is 4.95. The lowest BCUT2D eigenvalue weighted by molar-refractivity contribution is 0.204. The van der Waals surface area contributed by atoms with Gasteiger partial charge in [-0.1, -0.05) is 42.0 Å². The fourth-order valence-corrected chi connectivity index (χ4v) is 1.18. The average molecular weight is 176 g/mol. The van der Waals surface area contributed by atoms with Crippen molar-refractivity contribution < 1.29 is 4.74 Å². The van der Waals surface area contributed by atoms with E-state index in [0.717, 1.165) is 13.0 Å². The van der Waals surface area contributed by atoms with Crippen LogP contribution in [0.15, 0.2) is 30.3 Å². The second-order valence-electron chi connectivity index (χ2n) is 3.10. The van der Waals surface area contributed by atoms with E-state index in [1.807, 2.05) is 0 Å². The summed E-state index contributed by atoms with van der Waals surface area (Å²) in [4.78, 5) is 0. The van der Waals surface area contributed by atoms with Gasteiger partial charge in [-0.25, -0.2) is 0 Å². The molecule has 0 heterocycles. The lowest BCUT2D eigenvalue weighted by atomic mass is 10.1. The first-order valence-corrected chi connectivity index (χ1v) is 4.55. The van der Waals surface area contributed by atoms with E-state index in [1.165, 1.54) is 11.1 Å². The third kappa shape index (κ3) is 3.90. The Labute approximate surface area is 80.0 Å². The van der Waals surface area contributed by atoms with Gasteiger partial charge >= 0.3 is 0 Å². The van der Waals surface area contributed by atoms with Gasteiger partial charge in [-0.3, -0.25) is 0 Å². The topological polar surface area (TPSA) is 9.23 Å². The highest BCUT2D eigenvalue weighted by Gasteiger charge is 1.86. The van der Waals surface area contributed by atoms with Gasteiger partial charge < -0.3 is 4.74 Å². The fourth-order valence-electron chi connectivity index (χ4n) is 1.18. The first kappa shape index (κ1) is 10.0. The van der Waals surface area contributed by atoms with Crippen LogP contribution in [0.1, 0.15) is 17.5 Å². The van der Waals surface area contributed by atoms with Crippen molar-refractivity contribution in [3.8, 4) is 0 Å². The first-order valence-electron chi connectivity index (χ1n) is 4.55. The molecule has 0 aromatic heterocycles. The zero-order valence-corrected chi connectivity index (χ0v) is 8.29. The minimum atomic E-state index is 0.794. The third-order valence-electron chi connectivity index (χ3n) is 1.84. The van der Waals surface area contributed by atoms with E-state index in [2.05, 4.69) is 43.3 Å². The summed E-state index contributed by atoms with van der Waals surface area (Å²) in [5.41, 5.74) is 2.56. The van der Waals surface area contributed by atoms with Crippen molar-refractivity contribution in [2.24, 2.45) is 0 Å². The minimum Gasteiger partial charge on any atom is -0.384 e. The zero-order chi connectivity index (χ0) is 9.52. The second kappa shape index (κ2) is 5.55. The third-order valence-corrected chi connectivity index (χ3v) is 1.84. The summed E-state index contributed by atoms with van der Waals surface area (Å²) >= 11 is 0. The van der Waals surface area contributed by atoms with Gasteiger partial charge in [0, 0.05) is 13.7 Å². The summed E-state index contributed by atoms with van der Waals surface area (Å²) in [6.45, 7) is 2.90. The smallest absolute Gasteiger partial charge is 0.0496 e.